The van der Waals surface area contributed by atoms with Crippen LogP contribution in [0.25, 0.3) is 11.0 Å². The van der Waals surface area contributed by atoms with E-state index < -0.39 is 5.97 Å². The van der Waals surface area contributed by atoms with Gasteiger partial charge in [0.15, 0.2) is 0 Å². The fourth-order valence-corrected chi connectivity index (χ4v) is 1.12. The summed E-state index contributed by atoms with van der Waals surface area (Å²) in [4.78, 5) is 11.4. The molecule has 14 heavy (non-hydrogen) atoms. The fourth-order valence-electron chi connectivity index (χ4n) is 1.12. The van der Waals surface area contributed by atoms with Crippen LogP contribution in [-0.2, 0) is 4.74 Å². The minimum Gasteiger partial charge on any atom is -0.465 e. The van der Waals surface area contributed by atoms with E-state index in [-0.39, 0.29) is 10.4 Å². The zero-order chi connectivity index (χ0) is 10.1. The molecule has 0 amide bonds. The molecule has 0 aliphatic rings. The van der Waals surface area contributed by atoms with Gasteiger partial charge in [0, 0.05) is 11.2 Å². The van der Waals surface area contributed by atoms with Crippen LogP contribution in [0.1, 0.15) is 10.4 Å². The van der Waals surface area contributed by atoms with Crippen LogP contribution < -0.4 is 4.90 Å². The average Bonchev–Trinajstić information content (AvgIpc) is 2.59. The van der Waals surface area contributed by atoms with Crippen molar-refractivity contribution >= 4 is 17.0 Å². The van der Waals surface area contributed by atoms with Crippen molar-refractivity contribution in [2.45, 2.75) is 0 Å². The van der Waals surface area contributed by atoms with Gasteiger partial charge in [-0.1, -0.05) is 0 Å². The van der Waals surface area contributed by atoms with Crippen molar-refractivity contribution in [3.63, 3.8) is 0 Å². The molecule has 0 bridgehead atoms. The number of ether oxygens (including phenoxy) is 1. The van der Waals surface area contributed by atoms with Crippen LogP contribution in [0.4, 0.5) is 0 Å². The Labute approximate surface area is 78.2 Å². The number of rotatable bonds is 1. The van der Waals surface area contributed by atoms with E-state index in [9.17, 15) is 10.0 Å². The first-order valence-electron chi connectivity index (χ1n) is 3.80. The lowest BCUT2D eigenvalue weighted by Gasteiger charge is -1.95. The number of carbonyl (C=O) groups excluding carboxylic acids is 1. The molecule has 2 aromatic rings. The Bertz CT molecular complexity index is 491. The molecule has 0 spiro atoms. The van der Waals surface area contributed by atoms with Crippen molar-refractivity contribution in [1.82, 2.24) is 5.16 Å². The van der Waals surface area contributed by atoms with Gasteiger partial charge < -0.3 is 9.94 Å². The Morgan fingerprint density at radius 3 is 3.14 bits per heavy atom. The van der Waals surface area contributed by atoms with Crippen LogP contribution in [-0.4, -0.2) is 18.2 Å². The SMILES string of the molecule is COC(=O)c1ccc2c(c1)no[n+]2[O-]. The van der Waals surface area contributed by atoms with Gasteiger partial charge in [0.1, 0.15) is 0 Å². The predicted molar refractivity (Wildman–Crippen MR) is 44.3 cm³/mol. The maximum atomic E-state index is 11.1. The Balaban J connectivity index is 2.57. The zero-order valence-electron chi connectivity index (χ0n) is 7.26. The molecule has 0 aliphatic heterocycles. The van der Waals surface area contributed by atoms with E-state index in [1.165, 1.54) is 25.3 Å². The summed E-state index contributed by atoms with van der Waals surface area (Å²) >= 11 is 0. The second kappa shape index (κ2) is 2.99. The molecule has 1 heterocycles. The minimum absolute atomic E-state index is 0.274. The van der Waals surface area contributed by atoms with Crippen molar-refractivity contribution in [3.05, 3.63) is 29.0 Å². The van der Waals surface area contributed by atoms with Gasteiger partial charge in [-0.3, -0.25) is 4.63 Å². The fraction of sp³-hybridized carbons (Fsp3) is 0.125. The number of aromatic nitrogens is 2. The van der Waals surface area contributed by atoms with Gasteiger partial charge in [-0.05, 0) is 17.0 Å². The second-order valence-electron chi connectivity index (χ2n) is 2.63. The molecule has 1 aromatic carbocycles. The summed E-state index contributed by atoms with van der Waals surface area (Å²) in [5, 5.41) is 14.4. The molecular formula is C8H6N2O4. The van der Waals surface area contributed by atoms with Crippen LogP contribution in [0.2, 0.25) is 0 Å². The Morgan fingerprint density at radius 2 is 2.43 bits per heavy atom. The predicted octanol–water partition coefficient (Wildman–Crippen LogP) is 0.248. The molecule has 0 atom stereocenters. The van der Waals surface area contributed by atoms with E-state index in [2.05, 4.69) is 14.5 Å². The van der Waals surface area contributed by atoms with Crippen molar-refractivity contribution in [2.75, 3.05) is 7.11 Å². The number of esters is 1. The standard InChI is InChI=1S/C8H6N2O4/c1-13-8(11)5-2-3-7-6(4-5)9-14-10(7)12/h2-4H,1H3. The second-order valence-corrected chi connectivity index (χ2v) is 2.63. The van der Waals surface area contributed by atoms with Crippen molar-refractivity contribution < 1.29 is 19.1 Å². The lowest BCUT2D eigenvalue weighted by atomic mass is 10.2. The minimum atomic E-state index is -0.479. The van der Waals surface area contributed by atoms with Crippen LogP contribution in [0.5, 0.6) is 0 Å². The molecule has 0 radical (unpaired) electrons. The van der Waals surface area contributed by atoms with Gasteiger partial charge in [0.25, 0.3) is 0 Å². The maximum absolute atomic E-state index is 11.1. The highest BCUT2D eigenvalue weighted by Gasteiger charge is 2.13. The summed E-state index contributed by atoms with van der Waals surface area (Å²) < 4.78 is 8.85. The summed E-state index contributed by atoms with van der Waals surface area (Å²) in [6.45, 7) is 0. The lowest BCUT2D eigenvalue weighted by Crippen LogP contribution is -2.22. The molecule has 0 fully saturated rings. The largest absolute Gasteiger partial charge is 0.465 e. The first-order chi connectivity index (χ1) is 6.72. The van der Waals surface area contributed by atoms with Crippen LogP contribution in [0, 0.1) is 5.21 Å². The monoisotopic (exact) mass is 194 g/mol. The van der Waals surface area contributed by atoms with Gasteiger partial charge in [-0.15, -0.1) is 0 Å². The Kier molecular flexibility index (Phi) is 1.81. The van der Waals surface area contributed by atoms with E-state index in [0.717, 1.165) is 0 Å². The molecule has 6 nitrogen and oxygen atoms in total. The van der Waals surface area contributed by atoms with Gasteiger partial charge in [0.05, 0.1) is 12.7 Å². The van der Waals surface area contributed by atoms with E-state index in [4.69, 9.17) is 0 Å². The Hall–Kier alpha value is -2.11. The molecule has 6 heteroatoms. The number of hydrogen-bond donors (Lipinski definition) is 0. The third-order valence-corrected chi connectivity index (χ3v) is 1.81. The smallest absolute Gasteiger partial charge is 0.338 e. The van der Waals surface area contributed by atoms with Crippen molar-refractivity contribution in [1.29, 1.82) is 0 Å². The lowest BCUT2D eigenvalue weighted by molar-refractivity contribution is -0.782. The number of hydrogen-bond acceptors (Lipinski definition) is 5. The van der Waals surface area contributed by atoms with Gasteiger partial charge in [-0.25, -0.2) is 4.79 Å². The van der Waals surface area contributed by atoms with Crippen molar-refractivity contribution in [2.24, 2.45) is 0 Å². The molecule has 0 N–H and O–H groups in total. The van der Waals surface area contributed by atoms with E-state index in [1.54, 1.807) is 0 Å². The Morgan fingerprint density at radius 1 is 1.64 bits per heavy atom. The molecule has 72 valence electrons. The summed E-state index contributed by atoms with van der Waals surface area (Å²) in [5.74, 6) is -0.479. The molecule has 1 aromatic heterocycles. The molecule has 0 aliphatic carbocycles. The number of methoxy groups -OCH3 is 1. The van der Waals surface area contributed by atoms with Crippen LogP contribution >= 0.6 is 0 Å². The van der Waals surface area contributed by atoms with Gasteiger partial charge in [0.2, 0.25) is 11.0 Å². The van der Waals surface area contributed by atoms with Crippen LogP contribution in [0.3, 0.4) is 0 Å². The topological polar surface area (TPSA) is 79.3 Å². The van der Waals surface area contributed by atoms with Gasteiger partial charge in [-0.2, -0.15) is 0 Å². The summed E-state index contributed by atoms with van der Waals surface area (Å²) in [6.07, 6.45) is 0. The molecular weight excluding hydrogens is 188 g/mol. The highest BCUT2D eigenvalue weighted by Crippen LogP contribution is 2.10. The first-order valence-corrected chi connectivity index (χ1v) is 3.80. The average molecular weight is 194 g/mol. The quantitative estimate of drug-likeness (QED) is 0.480. The highest BCUT2D eigenvalue weighted by molar-refractivity contribution is 5.92. The maximum Gasteiger partial charge on any atom is 0.338 e. The molecule has 0 unspecified atom stereocenters. The first kappa shape index (κ1) is 8.49. The molecule has 2 rings (SSSR count). The van der Waals surface area contributed by atoms with Crippen molar-refractivity contribution in [3.8, 4) is 0 Å². The van der Waals surface area contributed by atoms with E-state index in [0.29, 0.717) is 11.1 Å². The number of fused-ring (bicyclic) bond motifs is 1. The summed E-state index contributed by atoms with van der Waals surface area (Å²) in [5.41, 5.74) is 0.925. The van der Waals surface area contributed by atoms with E-state index >= 15 is 0 Å². The van der Waals surface area contributed by atoms with E-state index in [1.807, 2.05) is 0 Å². The summed E-state index contributed by atoms with van der Waals surface area (Å²) in [6, 6.07) is 4.35. The third kappa shape index (κ3) is 1.17. The number of carbonyl (C=O) groups is 1. The van der Waals surface area contributed by atoms with Crippen LogP contribution in [0.15, 0.2) is 22.8 Å². The third-order valence-electron chi connectivity index (χ3n) is 1.81. The van der Waals surface area contributed by atoms with Gasteiger partial charge >= 0.3 is 5.97 Å². The zero-order valence-corrected chi connectivity index (χ0v) is 7.26. The number of benzene rings is 1. The summed E-state index contributed by atoms with van der Waals surface area (Å²) in [7, 11) is 1.28. The number of nitrogens with zero attached hydrogens (tertiary/aromatic N) is 2. The normalized spacial score (nSPS) is 10.4. The molecule has 0 saturated heterocycles. The molecule has 0 saturated carbocycles. The highest BCUT2D eigenvalue weighted by atomic mass is 16.8.